The third-order valence-electron chi connectivity index (χ3n) is 4.40. The standard InChI is InChI=1S/C18H29N5O11/c19-8(1-4-12(20)25)15(30)23-11(7-24)17(32)21-9(2-5-13(26)27)16(31)22-10(18(33)34)3-6-14(28)29/h8-11,24H,1-7,19H2,(H2,20,25)(H,21,32)(H,22,31)(H,23,30)(H,26,27)(H,28,29)(H,33,34). The third-order valence-corrected chi connectivity index (χ3v) is 4.40. The first kappa shape index (κ1) is 30.2. The molecule has 0 saturated carbocycles. The van der Waals surface area contributed by atoms with Crippen molar-refractivity contribution in [3.05, 3.63) is 0 Å². The molecule has 0 aromatic carbocycles. The van der Waals surface area contributed by atoms with Crippen LogP contribution in [-0.4, -0.2) is 92.7 Å². The summed E-state index contributed by atoms with van der Waals surface area (Å²) < 4.78 is 0. The molecule has 0 aromatic heterocycles. The van der Waals surface area contributed by atoms with Gasteiger partial charge >= 0.3 is 17.9 Å². The zero-order valence-corrected chi connectivity index (χ0v) is 18.1. The molecule has 16 nitrogen and oxygen atoms in total. The van der Waals surface area contributed by atoms with Crippen LogP contribution in [0.3, 0.4) is 0 Å². The Morgan fingerprint density at radius 3 is 1.53 bits per heavy atom. The van der Waals surface area contributed by atoms with Crippen molar-refractivity contribution < 1.29 is 54.0 Å². The van der Waals surface area contributed by atoms with Crippen molar-refractivity contribution in [2.24, 2.45) is 11.5 Å². The van der Waals surface area contributed by atoms with Crippen LogP contribution < -0.4 is 27.4 Å². The minimum Gasteiger partial charge on any atom is -0.481 e. The summed E-state index contributed by atoms with van der Waals surface area (Å²) in [4.78, 5) is 80.7. The molecule has 16 heteroatoms. The molecule has 4 atom stereocenters. The van der Waals surface area contributed by atoms with Crippen LogP contribution in [0.1, 0.15) is 38.5 Å². The number of carbonyl (C=O) groups is 7. The minimum absolute atomic E-state index is 0.141. The first-order valence-electron chi connectivity index (χ1n) is 10.0. The van der Waals surface area contributed by atoms with Gasteiger partial charge in [0.15, 0.2) is 0 Å². The molecular formula is C18H29N5O11. The Kier molecular flexibility index (Phi) is 13.4. The highest BCUT2D eigenvalue weighted by Crippen LogP contribution is 2.04. The highest BCUT2D eigenvalue weighted by atomic mass is 16.4. The second-order valence-corrected chi connectivity index (χ2v) is 7.18. The average Bonchev–Trinajstić information content (AvgIpc) is 2.74. The van der Waals surface area contributed by atoms with E-state index in [2.05, 4.69) is 10.6 Å². The minimum atomic E-state index is -1.63. The first-order valence-corrected chi connectivity index (χ1v) is 10.0. The first-order chi connectivity index (χ1) is 15.8. The largest absolute Gasteiger partial charge is 0.481 e. The summed E-state index contributed by atoms with van der Waals surface area (Å²) in [6.07, 6.45) is -2.51. The van der Waals surface area contributed by atoms with E-state index in [1.54, 1.807) is 0 Å². The molecule has 192 valence electrons. The molecule has 0 heterocycles. The van der Waals surface area contributed by atoms with Gasteiger partial charge in [0.25, 0.3) is 0 Å². The number of amides is 4. The molecule has 0 saturated heterocycles. The lowest BCUT2D eigenvalue weighted by Gasteiger charge is -2.24. The Labute approximate surface area is 193 Å². The Morgan fingerprint density at radius 1 is 0.647 bits per heavy atom. The van der Waals surface area contributed by atoms with Gasteiger partial charge in [-0.2, -0.15) is 0 Å². The normalized spacial score (nSPS) is 14.1. The quantitative estimate of drug-likeness (QED) is 0.0936. The number of carbonyl (C=O) groups excluding carboxylic acids is 4. The van der Waals surface area contributed by atoms with E-state index in [9.17, 15) is 38.7 Å². The van der Waals surface area contributed by atoms with Gasteiger partial charge in [-0.3, -0.25) is 28.8 Å². The lowest BCUT2D eigenvalue weighted by molar-refractivity contribution is -0.144. The van der Waals surface area contributed by atoms with Crippen molar-refractivity contribution in [2.45, 2.75) is 62.7 Å². The van der Waals surface area contributed by atoms with Crippen LogP contribution in [0.5, 0.6) is 0 Å². The Balaban J connectivity index is 5.32. The maximum atomic E-state index is 12.5. The average molecular weight is 491 g/mol. The lowest BCUT2D eigenvalue weighted by atomic mass is 10.1. The summed E-state index contributed by atoms with van der Waals surface area (Å²) in [5, 5.41) is 42.4. The molecule has 0 rings (SSSR count). The molecule has 0 aliphatic heterocycles. The number of hydrogen-bond donors (Lipinski definition) is 9. The zero-order valence-electron chi connectivity index (χ0n) is 18.1. The van der Waals surface area contributed by atoms with Crippen LogP contribution in [0, 0.1) is 0 Å². The van der Waals surface area contributed by atoms with Crippen molar-refractivity contribution in [2.75, 3.05) is 6.61 Å². The fourth-order valence-electron chi connectivity index (χ4n) is 2.51. The number of aliphatic hydroxyl groups excluding tert-OH is 1. The highest BCUT2D eigenvalue weighted by Gasteiger charge is 2.30. The summed E-state index contributed by atoms with van der Waals surface area (Å²) in [7, 11) is 0. The molecule has 34 heavy (non-hydrogen) atoms. The molecule has 4 amide bonds. The summed E-state index contributed by atoms with van der Waals surface area (Å²) in [5.74, 6) is -8.05. The number of nitrogens with two attached hydrogens (primary N) is 2. The maximum Gasteiger partial charge on any atom is 0.326 e. The summed E-state index contributed by atoms with van der Waals surface area (Å²) in [6.45, 7) is -0.941. The fourth-order valence-corrected chi connectivity index (χ4v) is 2.51. The van der Waals surface area contributed by atoms with Crippen LogP contribution in [0.15, 0.2) is 0 Å². The fraction of sp³-hybridized carbons (Fsp3) is 0.611. The second-order valence-electron chi connectivity index (χ2n) is 7.18. The molecule has 0 spiro atoms. The highest BCUT2D eigenvalue weighted by molar-refractivity contribution is 5.94. The number of hydrogen-bond acceptors (Lipinski definition) is 9. The maximum absolute atomic E-state index is 12.5. The molecule has 0 radical (unpaired) electrons. The predicted octanol–water partition coefficient (Wildman–Crippen LogP) is -4.16. The number of carboxylic acid groups (broad SMARTS) is 3. The van der Waals surface area contributed by atoms with Gasteiger partial charge in [-0.1, -0.05) is 0 Å². The van der Waals surface area contributed by atoms with Crippen LogP contribution in [-0.2, 0) is 33.6 Å². The van der Waals surface area contributed by atoms with E-state index < -0.39 is 98.0 Å². The monoisotopic (exact) mass is 491 g/mol. The van der Waals surface area contributed by atoms with E-state index in [0.717, 1.165) is 0 Å². The van der Waals surface area contributed by atoms with Gasteiger partial charge in [-0.05, 0) is 19.3 Å². The Bertz CT molecular complexity index is 788. The Hall–Kier alpha value is -3.79. The van der Waals surface area contributed by atoms with Gasteiger partial charge < -0.3 is 47.8 Å². The van der Waals surface area contributed by atoms with Crippen LogP contribution in [0.4, 0.5) is 0 Å². The molecule has 0 bridgehead atoms. The van der Waals surface area contributed by atoms with E-state index in [4.69, 9.17) is 26.8 Å². The van der Waals surface area contributed by atoms with Crippen LogP contribution >= 0.6 is 0 Å². The zero-order chi connectivity index (χ0) is 26.4. The lowest BCUT2D eigenvalue weighted by Crippen LogP contribution is -2.58. The van der Waals surface area contributed by atoms with Gasteiger partial charge in [0.2, 0.25) is 23.6 Å². The van der Waals surface area contributed by atoms with E-state index in [1.807, 2.05) is 5.32 Å². The van der Waals surface area contributed by atoms with Gasteiger partial charge in [0.1, 0.15) is 18.1 Å². The molecule has 0 aliphatic rings. The van der Waals surface area contributed by atoms with E-state index >= 15 is 0 Å². The molecule has 0 aliphatic carbocycles. The van der Waals surface area contributed by atoms with Crippen LogP contribution in [0.2, 0.25) is 0 Å². The summed E-state index contributed by atoms with van der Waals surface area (Å²) in [6, 6.07) is -6.09. The smallest absolute Gasteiger partial charge is 0.326 e. The van der Waals surface area contributed by atoms with Crippen molar-refractivity contribution in [1.82, 2.24) is 16.0 Å². The van der Waals surface area contributed by atoms with Crippen LogP contribution in [0.25, 0.3) is 0 Å². The van der Waals surface area contributed by atoms with Gasteiger partial charge in [0.05, 0.1) is 12.6 Å². The van der Waals surface area contributed by atoms with E-state index in [-0.39, 0.29) is 12.8 Å². The van der Waals surface area contributed by atoms with Crippen molar-refractivity contribution in [3.8, 4) is 0 Å². The molecular weight excluding hydrogens is 462 g/mol. The van der Waals surface area contributed by atoms with E-state index in [0.29, 0.717) is 0 Å². The van der Waals surface area contributed by atoms with Crippen molar-refractivity contribution in [1.29, 1.82) is 0 Å². The van der Waals surface area contributed by atoms with Gasteiger partial charge in [-0.15, -0.1) is 0 Å². The predicted molar refractivity (Wildman–Crippen MR) is 111 cm³/mol. The number of aliphatic hydroxyl groups is 1. The van der Waals surface area contributed by atoms with E-state index in [1.165, 1.54) is 0 Å². The molecule has 11 N–H and O–H groups in total. The number of nitrogens with one attached hydrogen (secondary N) is 3. The summed E-state index contributed by atoms with van der Waals surface area (Å²) in [5.41, 5.74) is 10.5. The van der Waals surface area contributed by atoms with Gasteiger partial charge in [0, 0.05) is 19.3 Å². The van der Waals surface area contributed by atoms with Crippen molar-refractivity contribution >= 4 is 41.5 Å². The summed E-state index contributed by atoms with van der Waals surface area (Å²) >= 11 is 0. The number of rotatable bonds is 17. The van der Waals surface area contributed by atoms with Crippen molar-refractivity contribution in [3.63, 3.8) is 0 Å². The molecule has 0 fully saturated rings. The number of aliphatic carboxylic acids is 3. The third kappa shape index (κ3) is 12.3. The Morgan fingerprint density at radius 2 is 1.09 bits per heavy atom. The molecule has 0 aromatic rings. The molecule has 4 unspecified atom stereocenters. The number of primary amides is 1. The topological polar surface area (TPSA) is 289 Å². The second kappa shape index (κ2) is 15.1. The van der Waals surface area contributed by atoms with Gasteiger partial charge in [-0.25, -0.2) is 4.79 Å². The number of carboxylic acids is 3. The SMILES string of the molecule is NC(=O)CCC(N)C(=O)NC(CO)C(=O)NC(CCC(=O)O)C(=O)NC(CCC(=O)O)C(=O)O.